The molecule has 2 unspecified atom stereocenters. The van der Waals surface area contributed by atoms with Crippen LogP contribution in [0.2, 0.25) is 0 Å². The molecule has 405 valence electrons. The van der Waals surface area contributed by atoms with Crippen LogP contribution in [-0.2, 0) is 38.7 Å². The molecule has 2 amide bonds. The fourth-order valence-corrected chi connectivity index (χ4v) is 10.8. The molecule has 3 radical (unpaired) electrons. The number of nitrogens with zero attached hydrogens (tertiary/aromatic N) is 8. The Balaban J connectivity index is 0.000000225. The fraction of sp³-hybridized carbons (Fsp3) is 0.424. The Bertz CT molecular complexity index is 2940. The molecule has 2 saturated heterocycles. The number of ether oxygens (including phenoxy) is 2. The van der Waals surface area contributed by atoms with Gasteiger partial charge in [-0.05, 0) is 106 Å². The van der Waals surface area contributed by atoms with E-state index in [4.69, 9.17) is 24.9 Å². The zero-order chi connectivity index (χ0) is 52.7. The number of amides is 2. The van der Waals surface area contributed by atoms with Gasteiger partial charge in [-0.1, -0.05) is 64.9 Å². The first-order chi connectivity index (χ1) is 36.9. The standard InChI is InChI=1S/C33H38FN5O3.C26H33N5O3.B.Na.H/c1-23(2)41-32-10-6-5-9-30(32)38-17-15-37(16-18-38)22-27-20-29(36-42-27)33(40)39-14-13-24-11-12-26(19-31(24)39)35-21-25-7-3-4-8-28(25)34;1-18(2)33-25-6-4-3-5-23(25)30-13-11-29(12-14-30)17-21-16-22(28-34-21)26(32)31-10-9-19-7-8-20(27)15-24(19)31;;;/h3-12,19,23,27,35H,13-18,20-22H2,1-2H3;3-8,15,18,21H,9-14,16-17,27H2,1-2H3;;;/q;;;+1;-1. The molecule has 6 heterocycles. The summed E-state index contributed by atoms with van der Waals surface area (Å²) in [7, 11) is 0. The molecule has 11 rings (SSSR count). The summed E-state index contributed by atoms with van der Waals surface area (Å²) in [6, 6.07) is 34.9. The zero-order valence-corrected chi connectivity index (χ0v) is 47.8. The molecule has 3 N–H and O–H groups in total. The van der Waals surface area contributed by atoms with Crippen LogP contribution < -0.4 is 69.7 Å². The number of benzene rings is 5. The van der Waals surface area contributed by atoms with Crippen LogP contribution in [0.3, 0.4) is 0 Å². The van der Waals surface area contributed by atoms with Gasteiger partial charge in [0.25, 0.3) is 11.8 Å². The number of carbonyl (C=O) groups is 2. The SMILES string of the molecule is CC(C)Oc1ccccc1N1CCN(CC2CC(C(=O)N3CCc4ccc(N)cc43)=NO2)CC1.CC(C)Oc1ccccc1N1CCN(CC2CC(C(=O)N3CCc4ccc(NCc5ccccc5F)cc43)=NO2)CC1.[B].[H-].[Na+]. The van der Waals surface area contributed by atoms with Crippen LogP contribution in [0.15, 0.2) is 120 Å². The smallest absolute Gasteiger partial charge is 1.00 e. The number of halogens is 1. The van der Waals surface area contributed by atoms with Crippen LogP contribution in [0.4, 0.5) is 38.5 Å². The summed E-state index contributed by atoms with van der Waals surface area (Å²) in [4.78, 5) is 51.1. The molecule has 5 aromatic rings. The number of para-hydroxylation sites is 4. The number of hydrogen-bond acceptors (Lipinski definition) is 14. The number of oxime groups is 2. The molecule has 2 atom stereocenters. The average molecular weight is 1070 g/mol. The first kappa shape index (κ1) is 57.9. The van der Waals surface area contributed by atoms with E-state index in [2.05, 4.69) is 73.3 Å². The predicted octanol–water partition coefficient (Wildman–Crippen LogP) is 4.73. The van der Waals surface area contributed by atoms with Crippen molar-refractivity contribution in [2.24, 2.45) is 10.3 Å². The van der Waals surface area contributed by atoms with Gasteiger partial charge in [0.15, 0.2) is 0 Å². The normalized spacial score (nSPS) is 18.9. The van der Waals surface area contributed by atoms with Gasteiger partial charge >= 0.3 is 29.6 Å². The molecule has 0 aliphatic carbocycles. The maximum Gasteiger partial charge on any atom is 1.00 e. The van der Waals surface area contributed by atoms with Crippen LogP contribution in [0.1, 0.15) is 58.7 Å². The van der Waals surface area contributed by atoms with E-state index in [1.165, 1.54) is 6.07 Å². The number of nitrogens with two attached hydrogens (primary N) is 1. The first-order valence-electron chi connectivity index (χ1n) is 27.0. The maximum absolute atomic E-state index is 14.0. The van der Waals surface area contributed by atoms with Crippen molar-refractivity contribution in [1.82, 2.24) is 9.80 Å². The zero-order valence-electron chi connectivity index (χ0n) is 46.8. The van der Waals surface area contributed by atoms with Gasteiger partial charge in [-0.2, -0.15) is 0 Å². The van der Waals surface area contributed by atoms with E-state index in [0.29, 0.717) is 55.2 Å². The minimum atomic E-state index is -0.236. The molecule has 19 heteroatoms. The van der Waals surface area contributed by atoms with Crippen molar-refractivity contribution in [2.75, 3.05) is 109 Å². The van der Waals surface area contributed by atoms with E-state index < -0.39 is 0 Å². The Morgan fingerprint density at radius 3 is 1.59 bits per heavy atom. The number of rotatable bonds is 15. The number of nitrogens with one attached hydrogen (secondary N) is 1. The third kappa shape index (κ3) is 13.9. The summed E-state index contributed by atoms with van der Waals surface area (Å²) >= 11 is 0. The summed E-state index contributed by atoms with van der Waals surface area (Å²) in [5.41, 5.74) is 15.3. The molecule has 0 spiro atoms. The van der Waals surface area contributed by atoms with Gasteiger partial charge < -0.3 is 51.2 Å². The maximum atomic E-state index is 14.0. The number of nitrogen functional groups attached to an aromatic ring is 1. The third-order valence-electron chi connectivity index (χ3n) is 14.7. The van der Waals surface area contributed by atoms with Crippen molar-refractivity contribution in [1.29, 1.82) is 0 Å². The number of fused-ring (bicyclic) bond motifs is 2. The molecule has 0 bridgehead atoms. The van der Waals surface area contributed by atoms with Crippen molar-refractivity contribution in [2.45, 2.75) is 84.3 Å². The van der Waals surface area contributed by atoms with E-state index >= 15 is 0 Å². The molecule has 5 aromatic carbocycles. The third-order valence-corrected chi connectivity index (χ3v) is 14.7. The van der Waals surface area contributed by atoms with Crippen molar-refractivity contribution in [3.8, 4) is 11.5 Å². The van der Waals surface area contributed by atoms with E-state index in [9.17, 15) is 14.0 Å². The summed E-state index contributed by atoms with van der Waals surface area (Å²) in [6.07, 6.45) is 2.72. The molecule has 16 nitrogen and oxygen atoms in total. The van der Waals surface area contributed by atoms with Crippen molar-refractivity contribution >= 4 is 65.8 Å². The Morgan fingerprint density at radius 2 is 1.09 bits per heavy atom. The van der Waals surface area contributed by atoms with Crippen molar-refractivity contribution < 1.29 is 64.1 Å². The minimum Gasteiger partial charge on any atom is -1.00 e. The number of piperazine rings is 2. The second kappa shape index (κ2) is 26.6. The quantitative estimate of drug-likeness (QED) is 0.110. The van der Waals surface area contributed by atoms with Crippen LogP contribution in [0, 0.1) is 5.82 Å². The van der Waals surface area contributed by atoms with E-state index in [-0.39, 0.29) is 81.4 Å². The Labute approximate surface area is 484 Å². The van der Waals surface area contributed by atoms with Gasteiger partial charge in [-0.3, -0.25) is 19.4 Å². The van der Waals surface area contributed by atoms with E-state index in [0.717, 1.165) is 129 Å². The monoisotopic (exact) mass is 1070 g/mol. The molecule has 6 aliphatic rings. The summed E-state index contributed by atoms with van der Waals surface area (Å²) < 4.78 is 26.1. The summed E-state index contributed by atoms with van der Waals surface area (Å²) in [5, 5.41) is 11.7. The van der Waals surface area contributed by atoms with E-state index in [1.807, 2.05) is 80.6 Å². The molecule has 0 saturated carbocycles. The average Bonchev–Trinajstić information content (AvgIpc) is 4.36. The van der Waals surface area contributed by atoms with Gasteiger partial charge in [0.05, 0.1) is 23.6 Å². The number of hydrogen-bond donors (Lipinski definition) is 2. The second-order valence-corrected chi connectivity index (χ2v) is 20.9. The molecular formula is C59H72BFN10NaO6. The molecule has 78 heavy (non-hydrogen) atoms. The van der Waals surface area contributed by atoms with Gasteiger partial charge in [0, 0.05) is 135 Å². The summed E-state index contributed by atoms with van der Waals surface area (Å²) in [5.74, 6) is 1.45. The topological polar surface area (TPSA) is 153 Å². The van der Waals surface area contributed by atoms with Crippen LogP contribution >= 0.6 is 0 Å². The first-order valence-corrected chi connectivity index (χ1v) is 27.0. The van der Waals surface area contributed by atoms with Gasteiger partial charge in [0.2, 0.25) is 0 Å². The van der Waals surface area contributed by atoms with Gasteiger partial charge in [-0.25, -0.2) is 4.39 Å². The largest absolute Gasteiger partial charge is 1.00 e. The van der Waals surface area contributed by atoms with Gasteiger partial charge in [0.1, 0.15) is 40.9 Å². The summed E-state index contributed by atoms with van der Waals surface area (Å²) in [6.45, 7) is 18.6. The Hall–Kier alpha value is -6.31. The van der Waals surface area contributed by atoms with Gasteiger partial charge in [-0.15, -0.1) is 0 Å². The van der Waals surface area contributed by atoms with Crippen LogP contribution in [-0.4, -0.2) is 144 Å². The number of carbonyl (C=O) groups excluding carboxylic acids is 2. The Kier molecular flexibility index (Phi) is 19.7. The second-order valence-electron chi connectivity index (χ2n) is 20.9. The molecule has 0 aromatic heterocycles. The van der Waals surface area contributed by atoms with E-state index in [1.54, 1.807) is 21.9 Å². The van der Waals surface area contributed by atoms with Crippen LogP contribution in [0.5, 0.6) is 11.5 Å². The molecule has 2 fully saturated rings. The minimum absolute atomic E-state index is 0. The molecular weight excluding hydrogens is 998 g/mol. The molecule has 6 aliphatic heterocycles. The van der Waals surface area contributed by atoms with Crippen molar-refractivity contribution in [3.05, 3.63) is 132 Å². The van der Waals surface area contributed by atoms with Crippen molar-refractivity contribution in [3.63, 3.8) is 0 Å². The van der Waals surface area contributed by atoms with Crippen LogP contribution in [0.25, 0.3) is 0 Å². The number of anilines is 6. The predicted molar refractivity (Wildman–Crippen MR) is 306 cm³/mol. The fourth-order valence-electron chi connectivity index (χ4n) is 10.8. The Morgan fingerprint density at radius 1 is 0.628 bits per heavy atom.